The molecule has 3 heteroatoms. The van der Waals surface area contributed by atoms with Crippen molar-refractivity contribution < 1.29 is 4.79 Å². The van der Waals surface area contributed by atoms with Crippen molar-refractivity contribution >= 4 is 39.7 Å². The Morgan fingerprint density at radius 3 is 2.36 bits per heavy atom. The third-order valence-corrected chi connectivity index (χ3v) is 3.73. The summed E-state index contributed by atoms with van der Waals surface area (Å²) in [5.74, 6) is 0.110. The van der Waals surface area contributed by atoms with Crippen molar-refractivity contribution in [3.8, 4) is 0 Å². The van der Waals surface area contributed by atoms with Gasteiger partial charge in [-0.05, 0) is 34.7 Å². The van der Waals surface area contributed by atoms with Crippen molar-refractivity contribution in [3.05, 3.63) is 55.8 Å². The fourth-order valence-electron chi connectivity index (χ4n) is 1.17. The van der Waals surface area contributed by atoms with Crippen LogP contribution in [-0.2, 0) is 0 Å². The first-order chi connectivity index (χ1) is 6.77. The first kappa shape index (κ1) is 9.86. The maximum Gasteiger partial charge on any atom is 0.202 e. The van der Waals surface area contributed by atoms with E-state index in [1.165, 1.54) is 11.3 Å². The number of carbonyl (C=O) groups excluding carboxylic acids is 1. The van der Waals surface area contributed by atoms with Gasteiger partial charge in [-0.3, -0.25) is 4.79 Å². The van der Waals surface area contributed by atoms with E-state index in [2.05, 4.69) is 22.6 Å². The summed E-state index contributed by atoms with van der Waals surface area (Å²) in [6, 6.07) is 13.2. The van der Waals surface area contributed by atoms with E-state index in [-0.39, 0.29) is 5.78 Å². The lowest BCUT2D eigenvalue weighted by molar-refractivity contribution is 0.104. The normalized spacial score (nSPS) is 10.1. The van der Waals surface area contributed by atoms with Crippen LogP contribution in [-0.4, -0.2) is 5.78 Å². The molecular weight excluding hydrogens is 307 g/mol. The van der Waals surface area contributed by atoms with Crippen LogP contribution in [0.15, 0.2) is 42.5 Å². The van der Waals surface area contributed by atoms with E-state index in [0.717, 1.165) is 13.3 Å². The number of benzene rings is 1. The van der Waals surface area contributed by atoms with E-state index >= 15 is 0 Å². The van der Waals surface area contributed by atoms with E-state index < -0.39 is 0 Å². The molecule has 1 nitrogen and oxygen atoms in total. The molecular formula is C11H7IOS. The van der Waals surface area contributed by atoms with Crippen LogP contribution in [0.3, 0.4) is 0 Å². The molecule has 0 atom stereocenters. The molecule has 0 saturated heterocycles. The minimum atomic E-state index is 0.110. The number of ketones is 1. The number of hydrogen-bond acceptors (Lipinski definition) is 2. The monoisotopic (exact) mass is 314 g/mol. The van der Waals surface area contributed by atoms with Crippen LogP contribution >= 0.6 is 33.9 Å². The van der Waals surface area contributed by atoms with Gasteiger partial charge >= 0.3 is 0 Å². The summed E-state index contributed by atoms with van der Waals surface area (Å²) in [7, 11) is 0. The number of hydrogen-bond donors (Lipinski definition) is 0. The Labute approximate surface area is 99.9 Å². The van der Waals surface area contributed by atoms with Crippen LogP contribution in [0.2, 0.25) is 0 Å². The summed E-state index contributed by atoms with van der Waals surface area (Å²) in [6.07, 6.45) is 0. The molecule has 0 saturated carbocycles. The van der Waals surface area contributed by atoms with Gasteiger partial charge < -0.3 is 0 Å². The van der Waals surface area contributed by atoms with E-state index in [4.69, 9.17) is 0 Å². The molecule has 0 N–H and O–H groups in total. The number of thiophene rings is 1. The maximum atomic E-state index is 11.9. The lowest BCUT2D eigenvalue weighted by Crippen LogP contribution is -1.97. The molecule has 0 bridgehead atoms. The first-order valence-electron chi connectivity index (χ1n) is 4.12. The predicted molar refractivity (Wildman–Crippen MR) is 66.9 cm³/mol. The zero-order valence-electron chi connectivity index (χ0n) is 7.24. The number of rotatable bonds is 2. The van der Waals surface area contributed by atoms with Crippen molar-refractivity contribution in [3.63, 3.8) is 0 Å². The largest absolute Gasteiger partial charge is 0.288 e. The summed E-state index contributed by atoms with van der Waals surface area (Å²) in [6.45, 7) is 0. The average Bonchev–Trinajstić information content (AvgIpc) is 2.65. The molecule has 70 valence electrons. The summed E-state index contributed by atoms with van der Waals surface area (Å²) >= 11 is 3.75. The molecule has 0 spiro atoms. The Balaban J connectivity index is 2.34. The molecule has 0 aliphatic rings. The second-order valence-electron chi connectivity index (χ2n) is 2.80. The Morgan fingerprint density at radius 2 is 1.79 bits per heavy atom. The van der Waals surface area contributed by atoms with Crippen molar-refractivity contribution in [2.45, 2.75) is 0 Å². The zero-order valence-corrected chi connectivity index (χ0v) is 10.2. The molecule has 0 radical (unpaired) electrons. The maximum absolute atomic E-state index is 11.9. The van der Waals surface area contributed by atoms with Gasteiger partial charge in [0.2, 0.25) is 5.78 Å². The van der Waals surface area contributed by atoms with Gasteiger partial charge in [0.05, 0.1) is 7.76 Å². The SMILES string of the molecule is O=C(c1ccccc1)c1ccc(I)s1. The Bertz CT molecular complexity index is 447. The van der Waals surface area contributed by atoms with Gasteiger partial charge in [-0.25, -0.2) is 0 Å². The zero-order chi connectivity index (χ0) is 9.97. The summed E-state index contributed by atoms with van der Waals surface area (Å²) in [5, 5.41) is 0. The van der Waals surface area contributed by atoms with Gasteiger partial charge in [-0.15, -0.1) is 11.3 Å². The third-order valence-electron chi connectivity index (χ3n) is 1.83. The summed E-state index contributed by atoms with van der Waals surface area (Å²) < 4.78 is 1.14. The molecule has 1 aromatic carbocycles. The van der Waals surface area contributed by atoms with Crippen LogP contribution < -0.4 is 0 Å². The lowest BCUT2D eigenvalue weighted by atomic mass is 10.1. The van der Waals surface area contributed by atoms with Crippen molar-refractivity contribution in [1.29, 1.82) is 0 Å². The van der Waals surface area contributed by atoms with E-state index in [1.54, 1.807) is 0 Å². The van der Waals surface area contributed by atoms with Gasteiger partial charge in [0.1, 0.15) is 0 Å². The molecule has 2 rings (SSSR count). The van der Waals surface area contributed by atoms with Crippen LogP contribution in [0.4, 0.5) is 0 Å². The molecule has 0 unspecified atom stereocenters. The van der Waals surface area contributed by atoms with Crippen LogP contribution in [0.1, 0.15) is 15.2 Å². The fraction of sp³-hybridized carbons (Fsp3) is 0. The molecule has 0 amide bonds. The highest BCUT2D eigenvalue weighted by molar-refractivity contribution is 14.1. The van der Waals surface area contributed by atoms with Gasteiger partial charge in [0.25, 0.3) is 0 Å². The summed E-state index contributed by atoms with van der Waals surface area (Å²) in [4.78, 5) is 12.7. The van der Waals surface area contributed by atoms with Crippen LogP contribution in [0.25, 0.3) is 0 Å². The smallest absolute Gasteiger partial charge is 0.202 e. The molecule has 0 aliphatic carbocycles. The van der Waals surface area contributed by atoms with Crippen molar-refractivity contribution in [2.75, 3.05) is 0 Å². The predicted octanol–water partition coefficient (Wildman–Crippen LogP) is 3.58. The second-order valence-corrected chi connectivity index (χ2v) is 5.78. The van der Waals surface area contributed by atoms with Gasteiger partial charge in [-0.2, -0.15) is 0 Å². The number of carbonyl (C=O) groups is 1. The second kappa shape index (κ2) is 4.23. The van der Waals surface area contributed by atoms with Crippen LogP contribution in [0, 0.1) is 2.88 Å². The van der Waals surface area contributed by atoms with Gasteiger partial charge in [-0.1, -0.05) is 30.3 Å². The summed E-state index contributed by atoms with van der Waals surface area (Å²) in [5.41, 5.74) is 0.755. The Kier molecular flexibility index (Phi) is 2.98. The standard InChI is InChI=1S/C11H7IOS/c12-10-7-6-9(14-10)11(13)8-4-2-1-3-5-8/h1-7H. The van der Waals surface area contributed by atoms with E-state index in [9.17, 15) is 4.79 Å². The van der Waals surface area contributed by atoms with E-state index in [0.29, 0.717) is 0 Å². The molecule has 1 heterocycles. The topological polar surface area (TPSA) is 17.1 Å². The quantitative estimate of drug-likeness (QED) is 0.612. The Hall–Kier alpha value is -0.680. The highest BCUT2D eigenvalue weighted by atomic mass is 127. The highest BCUT2D eigenvalue weighted by Gasteiger charge is 2.09. The fourth-order valence-corrected chi connectivity index (χ4v) is 2.75. The van der Waals surface area contributed by atoms with E-state index in [1.807, 2.05) is 42.5 Å². The first-order valence-corrected chi connectivity index (χ1v) is 6.02. The minimum absolute atomic E-state index is 0.110. The average molecular weight is 314 g/mol. The molecule has 1 aromatic heterocycles. The van der Waals surface area contributed by atoms with Gasteiger partial charge in [0, 0.05) is 5.56 Å². The third kappa shape index (κ3) is 2.04. The van der Waals surface area contributed by atoms with Crippen molar-refractivity contribution in [1.82, 2.24) is 0 Å². The van der Waals surface area contributed by atoms with Crippen molar-refractivity contribution in [2.24, 2.45) is 0 Å². The van der Waals surface area contributed by atoms with Gasteiger partial charge in [0.15, 0.2) is 0 Å². The number of halogens is 1. The molecule has 2 aromatic rings. The minimum Gasteiger partial charge on any atom is -0.288 e. The van der Waals surface area contributed by atoms with Crippen LogP contribution in [0.5, 0.6) is 0 Å². The molecule has 14 heavy (non-hydrogen) atoms. The highest BCUT2D eigenvalue weighted by Crippen LogP contribution is 2.21. The Morgan fingerprint density at radius 1 is 1.07 bits per heavy atom. The molecule has 0 fully saturated rings. The lowest BCUT2D eigenvalue weighted by Gasteiger charge is -1.95. The molecule has 0 aliphatic heterocycles.